The van der Waals surface area contributed by atoms with E-state index in [1.165, 1.54) is 0 Å². The molecule has 0 aliphatic carbocycles. The molecule has 0 unspecified atom stereocenters. The van der Waals surface area contributed by atoms with Gasteiger partial charge in [-0.3, -0.25) is 0 Å². The normalized spacial score (nSPS) is 10.4. The van der Waals surface area contributed by atoms with Crippen molar-refractivity contribution in [2.45, 2.75) is 13.5 Å². The highest BCUT2D eigenvalue weighted by molar-refractivity contribution is 5.35. The van der Waals surface area contributed by atoms with Gasteiger partial charge in [-0.2, -0.15) is 0 Å². The number of rotatable bonds is 2. The van der Waals surface area contributed by atoms with Gasteiger partial charge in [0.25, 0.3) is 0 Å². The Morgan fingerprint density at radius 1 is 1.43 bits per heavy atom. The van der Waals surface area contributed by atoms with E-state index in [1.807, 2.05) is 29.8 Å². The Labute approximate surface area is 82.7 Å². The van der Waals surface area contributed by atoms with E-state index in [1.54, 1.807) is 18.6 Å². The summed E-state index contributed by atoms with van der Waals surface area (Å²) in [5.74, 6) is 0.337. The lowest BCUT2D eigenvalue weighted by Crippen LogP contribution is -1.97. The second-order valence-corrected chi connectivity index (χ2v) is 3.37. The lowest BCUT2D eigenvalue weighted by molar-refractivity contribution is 0.465. The molecule has 0 bridgehead atoms. The smallest absolute Gasteiger partial charge is 0.120 e. The van der Waals surface area contributed by atoms with Crippen molar-refractivity contribution in [2.75, 3.05) is 0 Å². The van der Waals surface area contributed by atoms with Crippen molar-refractivity contribution in [3.05, 3.63) is 48.0 Å². The molecular weight excluding hydrogens is 176 g/mol. The fourth-order valence-corrected chi connectivity index (χ4v) is 1.42. The minimum Gasteiger partial charge on any atom is -0.508 e. The summed E-state index contributed by atoms with van der Waals surface area (Å²) in [5, 5.41) is 9.60. The van der Waals surface area contributed by atoms with Crippen molar-refractivity contribution in [3.8, 4) is 5.75 Å². The monoisotopic (exact) mass is 188 g/mol. The predicted octanol–water partition coefficient (Wildman–Crippen LogP) is 1.95. The van der Waals surface area contributed by atoms with Gasteiger partial charge in [-0.1, -0.05) is 17.7 Å². The summed E-state index contributed by atoms with van der Waals surface area (Å²) in [6.45, 7) is 2.67. The maximum atomic E-state index is 9.60. The number of hydrogen-bond donors (Lipinski definition) is 1. The Morgan fingerprint density at radius 3 is 3.00 bits per heavy atom. The molecule has 0 spiro atoms. The standard InChI is InChI=1S/C11H12N2O/c1-9-2-3-11(14)10(6-9)7-13-5-4-12-8-13/h2-6,8,14H,7H2,1H3. The third-order valence-corrected chi connectivity index (χ3v) is 2.15. The zero-order valence-electron chi connectivity index (χ0n) is 8.01. The number of phenolic OH excluding ortho intramolecular Hbond substituents is 1. The van der Waals surface area contributed by atoms with Crippen molar-refractivity contribution < 1.29 is 5.11 Å². The first-order valence-corrected chi connectivity index (χ1v) is 4.50. The molecule has 1 aromatic carbocycles. The van der Waals surface area contributed by atoms with Crippen LogP contribution in [0.5, 0.6) is 5.75 Å². The Bertz CT molecular complexity index is 421. The van der Waals surface area contributed by atoms with Gasteiger partial charge in [-0.25, -0.2) is 4.98 Å². The highest BCUT2D eigenvalue weighted by Gasteiger charge is 2.01. The third-order valence-electron chi connectivity index (χ3n) is 2.15. The highest BCUT2D eigenvalue weighted by Crippen LogP contribution is 2.18. The molecule has 2 aromatic rings. The molecule has 0 fully saturated rings. The van der Waals surface area contributed by atoms with Crippen LogP contribution in [-0.4, -0.2) is 14.7 Å². The van der Waals surface area contributed by atoms with Crippen LogP contribution >= 0.6 is 0 Å². The molecule has 0 saturated carbocycles. The van der Waals surface area contributed by atoms with Crippen LogP contribution in [0.25, 0.3) is 0 Å². The lowest BCUT2D eigenvalue weighted by atomic mass is 10.1. The number of aromatic nitrogens is 2. The lowest BCUT2D eigenvalue weighted by Gasteiger charge is -2.06. The van der Waals surface area contributed by atoms with Crippen LogP contribution in [0.3, 0.4) is 0 Å². The van der Waals surface area contributed by atoms with Gasteiger partial charge < -0.3 is 9.67 Å². The number of phenols is 1. The van der Waals surface area contributed by atoms with Crippen LogP contribution in [0.15, 0.2) is 36.9 Å². The van der Waals surface area contributed by atoms with E-state index < -0.39 is 0 Å². The van der Waals surface area contributed by atoms with Gasteiger partial charge in [-0.15, -0.1) is 0 Å². The molecule has 3 heteroatoms. The molecule has 14 heavy (non-hydrogen) atoms. The number of hydrogen-bond acceptors (Lipinski definition) is 2. The molecule has 0 atom stereocenters. The zero-order chi connectivity index (χ0) is 9.97. The van der Waals surface area contributed by atoms with E-state index >= 15 is 0 Å². The quantitative estimate of drug-likeness (QED) is 0.782. The molecule has 1 heterocycles. The molecule has 0 aliphatic rings. The summed E-state index contributed by atoms with van der Waals surface area (Å²) in [4.78, 5) is 3.95. The summed E-state index contributed by atoms with van der Waals surface area (Å²) in [6.07, 6.45) is 5.34. The molecule has 2 rings (SSSR count). The van der Waals surface area contributed by atoms with Crippen LogP contribution in [0.4, 0.5) is 0 Å². The molecule has 3 nitrogen and oxygen atoms in total. The number of benzene rings is 1. The van der Waals surface area contributed by atoms with Crippen LogP contribution in [0, 0.1) is 6.92 Å². The summed E-state index contributed by atoms with van der Waals surface area (Å²) in [6, 6.07) is 5.60. The maximum absolute atomic E-state index is 9.60. The van der Waals surface area contributed by atoms with Crippen LogP contribution in [-0.2, 0) is 6.54 Å². The van der Waals surface area contributed by atoms with Crippen molar-refractivity contribution in [1.29, 1.82) is 0 Å². The van der Waals surface area contributed by atoms with Gasteiger partial charge >= 0.3 is 0 Å². The second-order valence-electron chi connectivity index (χ2n) is 3.37. The van der Waals surface area contributed by atoms with E-state index in [0.717, 1.165) is 11.1 Å². The fraction of sp³-hybridized carbons (Fsp3) is 0.182. The summed E-state index contributed by atoms with van der Waals surface area (Å²) >= 11 is 0. The number of aryl methyl sites for hydroxylation is 1. The minimum atomic E-state index is 0.337. The molecular formula is C11H12N2O. The molecule has 1 N–H and O–H groups in total. The predicted molar refractivity (Wildman–Crippen MR) is 54.2 cm³/mol. The van der Waals surface area contributed by atoms with Gasteiger partial charge in [0.15, 0.2) is 0 Å². The largest absolute Gasteiger partial charge is 0.508 e. The van der Waals surface area contributed by atoms with Gasteiger partial charge in [-0.05, 0) is 13.0 Å². The number of aromatic hydroxyl groups is 1. The zero-order valence-corrected chi connectivity index (χ0v) is 8.01. The first-order chi connectivity index (χ1) is 6.75. The second kappa shape index (κ2) is 3.54. The molecule has 72 valence electrons. The van der Waals surface area contributed by atoms with Gasteiger partial charge in [0, 0.05) is 18.0 Å². The van der Waals surface area contributed by atoms with Crippen LogP contribution in [0.1, 0.15) is 11.1 Å². The Balaban J connectivity index is 2.28. The number of imidazole rings is 1. The summed E-state index contributed by atoms with van der Waals surface area (Å²) in [5.41, 5.74) is 2.07. The maximum Gasteiger partial charge on any atom is 0.120 e. The van der Waals surface area contributed by atoms with Crippen molar-refractivity contribution in [2.24, 2.45) is 0 Å². The Hall–Kier alpha value is -1.77. The van der Waals surface area contributed by atoms with Crippen molar-refractivity contribution in [1.82, 2.24) is 9.55 Å². The van der Waals surface area contributed by atoms with E-state index in [9.17, 15) is 5.11 Å². The molecule has 1 aromatic heterocycles. The number of nitrogens with zero attached hydrogens (tertiary/aromatic N) is 2. The average molecular weight is 188 g/mol. The first kappa shape index (κ1) is 8.81. The fourth-order valence-electron chi connectivity index (χ4n) is 1.42. The molecule has 0 radical (unpaired) electrons. The van der Waals surface area contributed by atoms with E-state index in [-0.39, 0.29) is 0 Å². The van der Waals surface area contributed by atoms with E-state index in [4.69, 9.17) is 0 Å². The molecule has 0 aliphatic heterocycles. The van der Waals surface area contributed by atoms with Crippen LogP contribution < -0.4 is 0 Å². The first-order valence-electron chi connectivity index (χ1n) is 4.50. The molecule has 0 saturated heterocycles. The Kier molecular flexibility index (Phi) is 2.23. The Morgan fingerprint density at radius 2 is 2.29 bits per heavy atom. The highest BCUT2D eigenvalue weighted by atomic mass is 16.3. The minimum absolute atomic E-state index is 0.337. The van der Waals surface area contributed by atoms with E-state index in [0.29, 0.717) is 12.3 Å². The van der Waals surface area contributed by atoms with Crippen molar-refractivity contribution in [3.63, 3.8) is 0 Å². The summed E-state index contributed by atoms with van der Waals surface area (Å²) < 4.78 is 1.93. The van der Waals surface area contributed by atoms with E-state index in [2.05, 4.69) is 4.98 Å². The molecule has 0 amide bonds. The summed E-state index contributed by atoms with van der Waals surface area (Å²) in [7, 11) is 0. The van der Waals surface area contributed by atoms with Gasteiger partial charge in [0.1, 0.15) is 5.75 Å². The average Bonchev–Trinajstić information content (AvgIpc) is 2.64. The van der Waals surface area contributed by atoms with Crippen LogP contribution in [0.2, 0.25) is 0 Å². The van der Waals surface area contributed by atoms with Gasteiger partial charge in [0.2, 0.25) is 0 Å². The third kappa shape index (κ3) is 1.76. The van der Waals surface area contributed by atoms with Crippen molar-refractivity contribution >= 4 is 0 Å². The topological polar surface area (TPSA) is 38.0 Å². The van der Waals surface area contributed by atoms with Gasteiger partial charge in [0.05, 0.1) is 12.9 Å². The SMILES string of the molecule is Cc1ccc(O)c(Cn2ccnc2)c1.